The zero-order chi connectivity index (χ0) is 17.5. The lowest BCUT2D eigenvalue weighted by Gasteiger charge is -2.32. The molecule has 25 heavy (non-hydrogen) atoms. The molecule has 1 N–H and O–H groups in total. The number of hydrogen-bond donors (Lipinski definition) is 1. The third-order valence-electron chi connectivity index (χ3n) is 4.90. The summed E-state index contributed by atoms with van der Waals surface area (Å²) in [6, 6.07) is 10.3. The van der Waals surface area contributed by atoms with E-state index in [2.05, 4.69) is 5.32 Å². The van der Waals surface area contributed by atoms with Gasteiger partial charge in [-0.05, 0) is 37.7 Å². The number of amides is 2. The maximum absolute atomic E-state index is 12.0. The monoisotopic (exact) mass is 344 g/mol. The SMILES string of the molecule is O=C(CCCOCc1ccccc1)NC1CCN(C(=O)C2CC2)CC1. The molecule has 1 aliphatic heterocycles. The van der Waals surface area contributed by atoms with Gasteiger partial charge in [0.2, 0.25) is 11.8 Å². The van der Waals surface area contributed by atoms with Crippen LogP contribution >= 0.6 is 0 Å². The van der Waals surface area contributed by atoms with Crippen LogP contribution in [0.3, 0.4) is 0 Å². The molecule has 1 aromatic rings. The largest absolute Gasteiger partial charge is 0.377 e. The Kier molecular flexibility index (Phi) is 6.45. The lowest BCUT2D eigenvalue weighted by molar-refractivity contribution is -0.133. The molecule has 0 bridgehead atoms. The van der Waals surface area contributed by atoms with Crippen LogP contribution in [0.1, 0.15) is 44.1 Å². The molecule has 5 heteroatoms. The van der Waals surface area contributed by atoms with Crippen molar-refractivity contribution in [2.45, 2.75) is 51.2 Å². The predicted octanol–water partition coefficient (Wildman–Crippen LogP) is 2.50. The van der Waals surface area contributed by atoms with E-state index in [1.165, 1.54) is 0 Å². The number of nitrogens with one attached hydrogen (secondary N) is 1. The van der Waals surface area contributed by atoms with Crippen LogP contribution in [0.2, 0.25) is 0 Å². The van der Waals surface area contributed by atoms with Gasteiger partial charge < -0.3 is 15.0 Å². The number of hydrogen-bond acceptors (Lipinski definition) is 3. The molecule has 136 valence electrons. The Bertz CT molecular complexity index is 564. The molecular weight excluding hydrogens is 316 g/mol. The third kappa shape index (κ3) is 5.85. The van der Waals surface area contributed by atoms with Crippen molar-refractivity contribution in [3.8, 4) is 0 Å². The van der Waals surface area contributed by atoms with E-state index in [1.807, 2.05) is 35.2 Å². The minimum atomic E-state index is 0.0929. The highest BCUT2D eigenvalue weighted by Crippen LogP contribution is 2.31. The maximum Gasteiger partial charge on any atom is 0.225 e. The Hall–Kier alpha value is -1.88. The number of carbonyl (C=O) groups is 2. The van der Waals surface area contributed by atoms with Gasteiger partial charge in [0.15, 0.2) is 0 Å². The van der Waals surface area contributed by atoms with E-state index in [-0.39, 0.29) is 11.9 Å². The Balaban J connectivity index is 1.24. The molecule has 1 aromatic carbocycles. The Labute approximate surface area is 149 Å². The van der Waals surface area contributed by atoms with E-state index in [1.54, 1.807) is 0 Å². The van der Waals surface area contributed by atoms with Crippen molar-refractivity contribution >= 4 is 11.8 Å². The lowest BCUT2D eigenvalue weighted by atomic mass is 10.0. The van der Waals surface area contributed by atoms with E-state index in [9.17, 15) is 9.59 Å². The van der Waals surface area contributed by atoms with Gasteiger partial charge in [-0.1, -0.05) is 30.3 Å². The Morgan fingerprint density at radius 1 is 1.08 bits per heavy atom. The van der Waals surface area contributed by atoms with Gasteiger partial charge in [0.05, 0.1) is 6.61 Å². The molecule has 2 aliphatic rings. The van der Waals surface area contributed by atoms with Crippen LogP contribution in [0.25, 0.3) is 0 Å². The van der Waals surface area contributed by atoms with Crippen molar-refractivity contribution in [3.63, 3.8) is 0 Å². The second kappa shape index (κ2) is 8.99. The van der Waals surface area contributed by atoms with Crippen molar-refractivity contribution in [3.05, 3.63) is 35.9 Å². The fourth-order valence-electron chi connectivity index (χ4n) is 3.23. The second-order valence-electron chi connectivity index (χ2n) is 7.08. The topological polar surface area (TPSA) is 58.6 Å². The van der Waals surface area contributed by atoms with Crippen molar-refractivity contribution in [1.82, 2.24) is 10.2 Å². The van der Waals surface area contributed by atoms with Gasteiger partial charge in [-0.15, -0.1) is 0 Å². The summed E-state index contributed by atoms with van der Waals surface area (Å²) in [5.74, 6) is 0.706. The van der Waals surface area contributed by atoms with Crippen molar-refractivity contribution in [2.75, 3.05) is 19.7 Å². The van der Waals surface area contributed by atoms with Gasteiger partial charge in [0, 0.05) is 38.1 Å². The number of ether oxygens (including phenoxy) is 1. The van der Waals surface area contributed by atoms with Gasteiger partial charge >= 0.3 is 0 Å². The molecular formula is C20H28N2O3. The summed E-state index contributed by atoms with van der Waals surface area (Å²) < 4.78 is 5.60. The van der Waals surface area contributed by atoms with Crippen LogP contribution in [0.15, 0.2) is 30.3 Å². The van der Waals surface area contributed by atoms with E-state index in [4.69, 9.17) is 4.74 Å². The molecule has 1 saturated heterocycles. The molecule has 1 saturated carbocycles. The first kappa shape index (κ1) is 17.9. The Morgan fingerprint density at radius 3 is 2.48 bits per heavy atom. The van der Waals surface area contributed by atoms with Crippen LogP contribution in [0, 0.1) is 5.92 Å². The number of likely N-dealkylation sites (tertiary alicyclic amines) is 1. The molecule has 0 radical (unpaired) electrons. The summed E-state index contributed by atoms with van der Waals surface area (Å²) in [6.45, 7) is 2.74. The summed E-state index contributed by atoms with van der Waals surface area (Å²) >= 11 is 0. The predicted molar refractivity (Wildman–Crippen MR) is 95.8 cm³/mol. The molecule has 2 fully saturated rings. The van der Waals surface area contributed by atoms with Crippen LogP contribution in [-0.2, 0) is 20.9 Å². The van der Waals surface area contributed by atoms with Crippen LogP contribution in [0.4, 0.5) is 0 Å². The Morgan fingerprint density at radius 2 is 1.80 bits per heavy atom. The molecule has 2 amide bonds. The van der Waals surface area contributed by atoms with Crippen molar-refractivity contribution in [2.24, 2.45) is 5.92 Å². The maximum atomic E-state index is 12.0. The number of benzene rings is 1. The van der Waals surface area contributed by atoms with Gasteiger partial charge in [-0.25, -0.2) is 0 Å². The standard InChI is InChI=1S/C20H28N2O3/c23-19(7-4-14-25-15-16-5-2-1-3-6-16)21-18-10-12-22(13-11-18)20(24)17-8-9-17/h1-3,5-6,17-18H,4,7-15H2,(H,21,23). The molecule has 1 aliphatic carbocycles. The summed E-state index contributed by atoms with van der Waals surface area (Å²) in [7, 11) is 0. The summed E-state index contributed by atoms with van der Waals surface area (Å²) in [5.41, 5.74) is 1.15. The van der Waals surface area contributed by atoms with Gasteiger partial charge in [-0.2, -0.15) is 0 Å². The van der Waals surface area contributed by atoms with Crippen molar-refractivity contribution in [1.29, 1.82) is 0 Å². The molecule has 0 aromatic heterocycles. The number of piperidine rings is 1. The normalized spacial score (nSPS) is 18.2. The van der Waals surface area contributed by atoms with E-state index >= 15 is 0 Å². The first-order valence-electron chi connectivity index (χ1n) is 9.42. The second-order valence-corrected chi connectivity index (χ2v) is 7.08. The molecule has 0 unspecified atom stereocenters. The fourth-order valence-corrected chi connectivity index (χ4v) is 3.23. The minimum Gasteiger partial charge on any atom is -0.377 e. The highest BCUT2D eigenvalue weighted by molar-refractivity contribution is 5.81. The summed E-state index contributed by atoms with van der Waals surface area (Å²) in [4.78, 5) is 26.0. The molecule has 5 nitrogen and oxygen atoms in total. The molecule has 0 atom stereocenters. The number of rotatable bonds is 8. The molecule has 0 spiro atoms. The molecule has 1 heterocycles. The average molecular weight is 344 g/mol. The zero-order valence-corrected chi connectivity index (χ0v) is 14.8. The van der Waals surface area contributed by atoms with Crippen LogP contribution in [-0.4, -0.2) is 42.5 Å². The quantitative estimate of drug-likeness (QED) is 0.737. The number of nitrogens with zero attached hydrogens (tertiary/aromatic N) is 1. The first-order valence-corrected chi connectivity index (χ1v) is 9.42. The lowest BCUT2D eigenvalue weighted by Crippen LogP contribution is -2.47. The minimum absolute atomic E-state index is 0.0929. The first-order chi connectivity index (χ1) is 12.2. The molecule has 3 rings (SSSR count). The number of carbonyl (C=O) groups excluding carboxylic acids is 2. The summed E-state index contributed by atoms with van der Waals surface area (Å²) in [6.07, 6.45) is 5.08. The van der Waals surface area contributed by atoms with E-state index in [0.717, 1.165) is 50.8 Å². The van der Waals surface area contributed by atoms with Crippen molar-refractivity contribution < 1.29 is 14.3 Å². The van der Waals surface area contributed by atoms with Crippen LogP contribution < -0.4 is 5.32 Å². The summed E-state index contributed by atoms with van der Waals surface area (Å²) in [5, 5.41) is 3.10. The highest BCUT2D eigenvalue weighted by atomic mass is 16.5. The van der Waals surface area contributed by atoms with Gasteiger partial charge in [0.25, 0.3) is 0 Å². The third-order valence-corrected chi connectivity index (χ3v) is 4.90. The van der Waals surface area contributed by atoms with E-state index in [0.29, 0.717) is 31.5 Å². The van der Waals surface area contributed by atoms with Crippen LogP contribution in [0.5, 0.6) is 0 Å². The highest BCUT2D eigenvalue weighted by Gasteiger charge is 2.34. The average Bonchev–Trinajstić information content (AvgIpc) is 3.47. The fraction of sp³-hybridized carbons (Fsp3) is 0.600. The van der Waals surface area contributed by atoms with Gasteiger partial charge in [0.1, 0.15) is 0 Å². The smallest absolute Gasteiger partial charge is 0.225 e. The van der Waals surface area contributed by atoms with E-state index < -0.39 is 0 Å². The van der Waals surface area contributed by atoms with Gasteiger partial charge in [-0.3, -0.25) is 9.59 Å². The zero-order valence-electron chi connectivity index (χ0n) is 14.8.